The molecule has 0 spiro atoms. The minimum absolute atomic E-state index is 0.253. The third-order valence-corrected chi connectivity index (χ3v) is 1.50. The van der Waals surface area contributed by atoms with Gasteiger partial charge in [0.05, 0.1) is 6.61 Å². The van der Waals surface area contributed by atoms with Crippen LogP contribution in [0.2, 0.25) is 0 Å². The molecular formula is C15H14O3. The lowest BCUT2D eigenvalue weighted by atomic mass is 10.3. The number of ether oxygens (including phenoxy) is 1. The summed E-state index contributed by atoms with van der Waals surface area (Å²) < 4.78 is 4.79. The zero-order valence-corrected chi connectivity index (χ0v) is 10.4. The highest BCUT2D eigenvalue weighted by Crippen LogP contribution is 1.94. The van der Waals surface area contributed by atoms with Gasteiger partial charge in [0.1, 0.15) is 6.10 Å². The van der Waals surface area contributed by atoms with Gasteiger partial charge in [-0.3, -0.25) is 4.79 Å². The number of carbonyl (C=O) groups is 1. The Morgan fingerprint density at radius 3 is 2.61 bits per heavy atom. The van der Waals surface area contributed by atoms with Crippen LogP contribution < -0.4 is 0 Å². The van der Waals surface area contributed by atoms with Crippen molar-refractivity contribution in [3.05, 3.63) is 24.3 Å². The van der Waals surface area contributed by atoms with E-state index in [9.17, 15) is 4.79 Å². The maximum absolute atomic E-state index is 10.6. The average Bonchev–Trinajstić information content (AvgIpc) is 2.35. The third-order valence-electron chi connectivity index (χ3n) is 1.50. The summed E-state index contributed by atoms with van der Waals surface area (Å²) in [5, 5.41) is 8.89. The van der Waals surface area contributed by atoms with Crippen LogP contribution in [0.1, 0.15) is 13.8 Å². The molecule has 0 amide bonds. The van der Waals surface area contributed by atoms with Gasteiger partial charge in [0, 0.05) is 6.92 Å². The molecule has 0 rings (SSSR count). The second kappa shape index (κ2) is 11.1. The van der Waals surface area contributed by atoms with Crippen LogP contribution >= 0.6 is 0 Å². The van der Waals surface area contributed by atoms with Gasteiger partial charge in [-0.2, -0.15) is 0 Å². The zero-order valence-electron chi connectivity index (χ0n) is 10.4. The highest BCUT2D eigenvalue weighted by Gasteiger charge is 2.04. The molecule has 0 saturated heterocycles. The number of hydrogen-bond acceptors (Lipinski definition) is 3. The topological polar surface area (TPSA) is 46.5 Å². The van der Waals surface area contributed by atoms with E-state index in [-0.39, 0.29) is 6.61 Å². The maximum atomic E-state index is 10.6. The Balaban J connectivity index is 4.17. The molecule has 0 radical (unpaired) electrons. The van der Waals surface area contributed by atoms with Crippen LogP contribution in [0.25, 0.3) is 0 Å². The molecule has 0 bridgehead atoms. The van der Waals surface area contributed by atoms with Gasteiger partial charge in [0.2, 0.25) is 0 Å². The smallest absolute Gasteiger partial charge is 0.303 e. The van der Waals surface area contributed by atoms with E-state index in [0.717, 1.165) is 0 Å². The van der Waals surface area contributed by atoms with Crippen LogP contribution in [0.4, 0.5) is 0 Å². The van der Waals surface area contributed by atoms with Crippen LogP contribution in [0.15, 0.2) is 24.3 Å². The Labute approximate surface area is 108 Å². The quantitative estimate of drug-likeness (QED) is 0.455. The second-order valence-electron chi connectivity index (χ2n) is 2.97. The largest absolute Gasteiger partial charge is 0.456 e. The first-order valence-electron chi connectivity index (χ1n) is 5.24. The summed E-state index contributed by atoms with van der Waals surface area (Å²) >= 11 is 0. The minimum atomic E-state index is -0.625. The van der Waals surface area contributed by atoms with Gasteiger partial charge in [0.15, 0.2) is 0 Å². The van der Waals surface area contributed by atoms with Crippen LogP contribution in [-0.2, 0) is 9.53 Å². The summed E-state index contributed by atoms with van der Waals surface area (Å²) in [6, 6.07) is 0. The normalized spacial score (nSPS) is 10.6. The fourth-order valence-corrected chi connectivity index (χ4v) is 0.845. The molecule has 3 heteroatoms. The summed E-state index contributed by atoms with van der Waals surface area (Å²) in [4.78, 5) is 10.6. The van der Waals surface area contributed by atoms with Crippen molar-refractivity contribution < 1.29 is 14.6 Å². The molecule has 92 valence electrons. The van der Waals surface area contributed by atoms with Crippen molar-refractivity contribution in [3.63, 3.8) is 0 Å². The molecule has 0 aromatic heterocycles. The number of carbonyl (C=O) groups excluding carboxylic acids is 1. The molecule has 0 aromatic rings. The molecule has 1 atom stereocenters. The van der Waals surface area contributed by atoms with Crippen LogP contribution in [0.3, 0.4) is 0 Å². The van der Waals surface area contributed by atoms with E-state index < -0.39 is 12.1 Å². The molecule has 0 saturated carbocycles. The van der Waals surface area contributed by atoms with Crippen LogP contribution in [0.5, 0.6) is 0 Å². The van der Waals surface area contributed by atoms with Crippen molar-refractivity contribution in [2.24, 2.45) is 0 Å². The summed E-state index contributed by atoms with van der Waals surface area (Å²) in [6.45, 7) is 2.74. The first-order valence-corrected chi connectivity index (χ1v) is 5.24. The van der Waals surface area contributed by atoms with Crippen molar-refractivity contribution in [2.75, 3.05) is 6.61 Å². The molecule has 1 N–H and O–H groups in total. The fraction of sp³-hybridized carbons (Fsp3) is 0.267. The van der Waals surface area contributed by atoms with Crippen molar-refractivity contribution in [1.29, 1.82) is 0 Å². The van der Waals surface area contributed by atoms with E-state index >= 15 is 0 Å². The lowest BCUT2D eigenvalue weighted by Crippen LogP contribution is -2.17. The highest BCUT2D eigenvalue weighted by atomic mass is 16.5. The minimum Gasteiger partial charge on any atom is -0.456 e. The number of aliphatic hydroxyl groups excluding tert-OH is 1. The standard InChI is InChI=1S/C15H14O3/c1-3-4-5-6-7-8-9-10-11-12-15(13-16)18-14(2)17/h9-12,15-16H,13H2,1-2H3/b10-9-,12-11+/t15-/m1/s1. The number of allylic oxidation sites excluding steroid dienone is 3. The molecule has 0 aliphatic carbocycles. The van der Waals surface area contributed by atoms with Gasteiger partial charge in [-0.05, 0) is 42.8 Å². The molecule has 0 fully saturated rings. The average molecular weight is 242 g/mol. The summed E-state index contributed by atoms with van der Waals surface area (Å²) in [5.41, 5.74) is 0. The van der Waals surface area contributed by atoms with Crippen molar-refractivity contribution >= 4 is 5.97 Å². The molecule has 0 aliphatic heterocycles. The Hall–Kier alpha value is -2.41. The Morgan fingerprint density at radius 1 is 1.28 bits per heavy atom. The van der Waals surface area contributed by atoms with Gasteiger partial charge in [-0.15, -0.1) is 0 Å². The number of rotatable bonds is 4. The molecule has 0 aromatic carbocycles. The monoisotopic (exact) mass is 242 g/mol. The molecule has 18 heavy (non-hydrogen) atoms. The maximum Gasteiger partial charge on any atom is 0.303 e. The Bertz CT molecular complexity index is 493. The fourth-order valence-electron chi connectivity index (χ4n) is 0.845. The third kappa shape index (κ3) is 10.1. The predicted molar refractivity (Wildman–Crippen MR) is 69.9 cm³/mol. The predicted octanol–water partition coefficient (Wildman–Crippen LogP) is 1.05. The van der Waals surface area contributed by atoms with E-state index in [1.807, 2.05) is 0 Å². The van der Waals surface area contributed by atoms with Gasteiger partial charge in [-0.1, -0.05) is 24.0 Å². The molecular weight excluding hydrogens is 228 g/mol. The lowest BCUT2D eigenvalue weighted by molar-refractivity contribution is -0.145. The SMILES string of the molecule is CC#CC#CC#C/C=C\C=C\[C@H](CO)OC(C)=O. The molecule has 0 aliphatic rings. The Morgan fingerprint density at radius 2 is 2.00 bits per heavy atom. The highest BCUT2D eigenvalue weighted by molar-refractivity contribution is 5.66. The first-order chi connectivity index (χ1) is 8.70. The summed E-state index contributed by atoms with van der Waals surface area (Å²) in [7, 11) is 0. The van der Waals surface area contributed by atoms with E-state index in [0.29, 0.717) is 0 Å². The first kappa shape index (κ1) is 15.6. The van der Waals surface area contributed by atoms with E-state index in [1.54, 1.807) is 31.2 Å². The van der Waals surface area contributed by atoms with E-state index in [2.05, 4.69) is 35.5 Å². The van der Waals surface area contributed by atoms with Gasteiger partial charge in [-0.25, -0.2) is 0 Å². The van der Waals surface area contributed by atoms with Crippen molar-refractivity contribution in [2.45, 2.75) is 20.0 Å². The van der Waals surface area contributed by atoms with Crippen LogP contribution in [0, 0.1) is 35.5 Å². The van der Waals surface area contributed by atoms with Crippen molar-refractivity contribution in [1.82, 2.24) is 0 Å². The van der Waals surface area contributed by atoms with E-state index in [1.165, 1.54) is 6.92 Å². The number of esters is 1. The molecule has 0 heterocycles. The van der Waals surface area contributed by atoms with Gasteiger partial charge in [0.25, 0.3) is 0 Å². The zero-order chi connectivity index (χ0) is 13.6. The van der Waals surface area contributed by atoms with Gasteiger partial charge < -0.3 is 9.84 Å². The lowest BCUT2D eigenvalue weighted by Gasteiger charge is -2.08. The number of aliphatic hydroxyl groups is 1. The van der Waals surface area contributed by atoms with Crippen LogP contribution in [-0.4, -0.2) is 23.8 Å². The summed E-state index contributed by atoms with van der Waals surface area (Å²) in [6.07, 6.45) is 5.82. The summed E-state index contributed by atoms with van der Waals surface area (Å²) in [5.74, 6) is 15.1. The molecule has 3 nitrogen and oxygen atoms in total. The second-order valence-corrected chi connectivity index (χ2v) is 2.97. The number of hydrogen-bond donors (Lipinski definition) is 1. The Kier molecular flexibility index (Phi) is 9.60. The molecule has 0 unspecified atom stereocenters. The van der Waals surface area contributed by atoms with Crippen molar-refractivity contribution in [3.8, 4) is 35.5 Å². The van der Waals surface area contributed by atoms with E-state index in [4.69, 9.17) is 9.84 Å². The van der Waals surface area contributed by atoms with Gasteiger partial charge >= 0.3 is 5.97 Å².